The molecule has 0 bridgehead atoms. The average molecular weight is 414 g/mol. The minimum Gasteiger partial charge on any atom is -0.494 e. The van der Waals surface area contributed by atoms with Crippen LogP contribution in [0.3, 0.4) is 0 Å². The summed E-state index contributed by atoms with van der Waals surface area (Å²) in [7, 11) is 1.59. The summed E-state index contributed by atoms with van der Waals surface area (Å²) in [5.74, 6) is 0.893. The zero-order valence-corrected chi connectivity index (χ0v) is 18.1. The number of benzene rings is 2. The van der Waals surface area contributed by atoms with Gasteiger partial charge in [-0.25, -0.2) is 4.79 Å². The van der Waals surface area contributed by atoms with Gasteiger partial charge in [-0.05, 0) is 55.7 Å². The van der Waals surface area contributed by atoms with Crippen molar-refractivity contribution in [3.8, 4) is 17.2 Å². The molecule has 2 aromatic rings. The van der Waals surface area contributed by atoms with Crippen molar-refractivity contribution in [2.45, 2.75) is 33.6 Å². The van der Waals surface area contributed by atoms with E-state index < -0.39 is 5.97 Å². The highest BCUT2D eigenvalue weighted by Gasteiger charge is 2.16. The van der Waals surface area contributed by atoms with Crippen LogP contribution in [0.25, 0.3) is 6.08 Å². The van der Waals surface area contributed by atoms with Gasteiger partial charge in [0, 0.05) is 12.0 Å². The van der Waals surface area contributed by atoms with Gasteiger partial charge in [0.25, 0.3) is 0 Å². The summed E-state index contributed by atoms with van der Waals surface area (Å²) in [5, 5.41) is 9.32. The van der Waals surface area contributed by atoms with E-state index in [0.717, 1.165) is 28.9 Å². The first-order chi connectivity index (χ1) is 14.5. The number of hydrogen-bond acceptors (Lipinski definition) is 5. The molecule has 0 amide bonds. The van der Waals surface area contributed by atoms with E-state index in [4.69, 9.17) is 18.9 Å². The maximum atomic E-state index is 11.4. The van der Waals surface area contributed by atoms with Crippen LogP contribution in [-0.2, 0) is 22.4 Å². The van der Waals surface area contributed by atoms with Crippen LogP contribution in [-0.4, -0.2) is 38.0 Å². The van der Waals surface area contributed by atoms with E-state index in [2.05, 4.69) is 0 Å². The van der Waals surface area contributed by atoms with Crippen molar-refractivity contribution in [2.75, 3.05) is 26.9 Å². The number of carboxylic acid groups (broad SMARTS) is 1. The second kappa shape index (κ2) is 11.8. The van der Waals surface area contributed by atoms with Gasteiger partial charge in [0.1, 0.15) is 5.75 Å². The monoisotopic (exact) mass is 414 g/mol. The summed E-state index contributed by atoms with van der Waals surface area (Å²) < 4.78 is 22.3. The van der Waals surface area contributed by atoms with Crippen LogP contribution >= 0.6 is 0 Å². The summed E-state index contributed by atoms with van der Waals surface area (Å²) in [6.07, 6.45) is 2.92. The van der Waals surface area contributed by atoms with Gasteiger partial charge >= 0.3 is 5.97 Å². The first-order valence-electron chi connectivity index (χ1n) is 10.2. The number of rotatable bonds is 12. The molecule has 0 aliphatic rings. The van der Waals surface area contributed by atoms with E-state index in [0.29, 0.717) is 31.1 Å². The number of hydrogen-bond donors (Lipinski definition) is 1. The third-order valence-corrected chi connectivity index (χ3v) is 4.50. The third kappa shape index (κ3) is 6.17. The molecule has 0 radical (unpaired) electrons. The van der Waals surface area contributed by atoms with Gasteiger partial charge in [-0.1, -0.05) is 25.1 Å². The van der Waals surface area contributed by atoms with Gasteiger partial charge in [-0.15, -0.1) is 0 Å². The Kier molecular flexibility index (Phi) is 9.06. The van der Waals surface area contributed by atoms with Crippen molar-refractivity contribution in [3.63, 3.8) is 0 Å². The molecule has 0 unspecified atom stereocenters. The normalized spacial score (nSPS) is 11.1. The molecule has 162 valence electrons. The maximum Gasteiger partial charge on any atom is 0.371 e. The van der Waals surface area contributed by atoms with Crippen LogP contribution in [0.15, 0.2) is 42.2 Å². The molecule has 6 nitrogen and oxygen atoms in total. The van der Waals surface area contributed by atoms with E-state index >= 15 is 0 Å². The summed E-state index contributed by atoms with van der Waals surface area (Å²) in [6, 6.07) is 11.6. The summed E-state index contributed by atoms with van der Waals surface area (Å²) in [5.41, 5.74) is 2.75. The van der Waals surface area contributed by atoms with E-state index in [1.165, 1.54) is 6.08 Å². The van der Waals surface area contributed by atoms with Crippen LogP contribution in [0.4, 0.5) is 0 Å². The van der Waals surface area contributed by atoms with Crippen LogP contribution < -0.4 is 14.2 Å². The Morgan fingerprint density at radius 2 is 1.73 bits per heavy atom. The topological polar surface area (TPSA) is 74.2 Å². The fourth-order valence-electron chi connectivity index (χ4n) is 3.12. The Morgan fingerprint density at radius 1 is 1.00 bits per heavy atom. The maximum absolute atomic E-state index is 11.4. The standard InChI is InChI=1S/C24H30O6/c1-5-20-18(16-22(24(25)26)29-7-3)10-13-21(23(20)27-4)30-15-14-17-8-11-19(12-9-17)28-6-2/h8-13,16H,5-7,14-15H2,1-4H3,(H,25,26)/b22-16-. The van der Waals surface area contributed by atoms with Crippen molar-refractivity contribution >= 4 is 12.0 Å². The molecule has 0 aromatic heterocycles. The van der Waals surface area contributed by atoms with E-state index in [1.54, 1.807) is 20.1 Å². The second-order valence-electron chi connectivity index (χ2n) is 6.44. The lowest BCUT2D eigenvalue weighted by molar-refractivity contribution is -0.136. The van der Waals surface area contributed by atoms with Crippen molar-refractivity contribution in [3.05, 3.63) is 58.8 Å². The van der Waals surface area contributed by atoms with Crippen molar-refractivity contribution in [2.24, 2.45) is 0 Å². The minimum absolute atomic E-state index is 0.0987. The molecule has 1 N–H and O–H groups in total. The molecule has 30 heavy (non-hydrogen) atoms. The molecular formula is C24H30O6. The second-order valence-corrected chi connectivity index (χ2v) is 6.44. The summed E-state index contributed by atoms with van der Waals surface area (Å²) in [4.78, 5) is 11.4. The van der Waals surface area contributed by atoms with E-state index in [-0.39, 0.29) is 12.4 Å². The smallest absolute Gasteiger partial charge is 0.371 e. The first-order valence-corrected chi connectivity index (χ1v) is 10.2. The highest BCUT2D eigenvalue weighted by Crippen LogP contribution is 2.35. The highest BCUT2D eigenvalue weighted by atomic mass is 16.5. The fourth-order valence-corrected chi connectivity index (χ4v) is 3.12. The Labute approximate surface area is 178 Å². The SMILES string of the molecule is CCO/C(=C\c1ccc(OCCc2ccc(OCC)cc2)c(OC)c1CC)C(=O)O. The third-order valence-electron chi connectivity index (χ3n) is 4.50. The summed E-state index contributed by atoms with van der Waals surface area (Å²) in [6.45, 7) is 7.11. The quantitative estimate of drug-likeness (QED) is 0.399. The van der Waals surface area contributed by atoms with E-state index in [1.807, 2.05) is 44.2 Å². The van der Waals surface area contributed by atoms with Crippen LogP contribution in [0, 0.1) is 0 Å². The molecule has 0 saturated heterocycles. The lowest BCUT2D eigenvalue weighted by atomic mass is 10.0. The fraction of sp³-hybridized carbons (Fsp3) is 0.375. The largest absolute Gasteiger partial charge is 0.494 e. The number of aliphatic carboxylic acids is 1. The predicted molar refractivity (Wildman–Crippen MR) is 116 cm³/mol. The molecule has 2 aromatic carbocycles. The number of carbonyl (C=O) groups is 1. The lowest BCUT2D eigenvalue weighted by Gasteiger charge is -2.16. The van der Waals surface area contributed by atoms with Gasteiger partial charge in [0.15, 0.2) is 11.5 Å². The number of carboxylic acids is 1. The zero-order chi connectivity index (χ0) is 21.9. The Balaban J connectivity index is 2.16. The highest BCUT2D eigenvalue weighted by molar-refractivity contribution is 5.90. The van der Waals surface area contributed by atoms with Crippen LogP contribution in [0.1, 0.15) is 37.5 Å². The average Bonchev–Trinajstić information content (AvgIpc) is 2.75. The lowest BCUT2D eigenvalue weighted by Crippen LogP contribution is -2.07. The molecule has 6 heteroatoms. The van der Waals surface area contributed by atoms with E-state index in [9.17, 15) is 9.90 Å². The first kappa shape index (κ1) is 23.1. The Bertz CT molecular complexity index is 855. The minimum atomic E-state index is -1.10. The van der Waals surface area contributed by atoms with Gasteiger partial charge < -0.3 is 24.1 Å². The van der Waals surface area contributed by atoms with Crippen LogP contribution in [0.5, 0.6) is 17.2 Å². The van der Waals surface area contributed by atoms with Crippen LogP contribution in [0.2, 0.25) is 0 Å². The molecule has 0 spiro atoms. The van der Waals surface area contributed by atoms with Gasteiger partial charge in [0.2, 0.25) is 5.76 Å². The molecule has 2 rings (SSSR count). The van der Waals surface area contributed by atoms with Crippen molar-refractivity contribution < 1.29 is 28.8 Å². The zero-order valence-electron chi connectivity index (χ0n) is 18.1. The van der Waals surface area contributed by atoms with Crippen molar-refractivity contribution in [1.29, 1.82) is 0 Å². The molecular weight excluding hydrogens is 384 g/mol. The van der Waals surface area contributed by atoms with Crippen molar-refractivity contribution in [1.82, 2.24) is 0 Å². The predicted octanol–water partition coefficient (Wildman–Crippen LogP) is 4.74. The Hall–Kier alpha value is -3.15. The van der Waals surface area contributed by atoms with Gasteiger partial charge in [0.05, 0.1) is 26.9 Å². The molecule has 0 heterocycles. The molecule has 0 aliphatic heterocycles. The molecule has 0 aliphatic carbocycles. The molecule has 0 saturated carbocycles. The molecule has 0 atom stereocenters. The Morgan fingerprint density at radius 3 is 2.30 bits per heavy atom. The van der Waals surface area contributed by atoms with Gasteiger partial charge in [-0.3, -0.25) is 0 Å². The molecule has 0 fully saturated rings. The number of methoxy groups -OCH3 is 1. The number of ether oxygens (including phenoxy) is 4. The van der Waals surface area contributed by atoms with Gasteiger partial charge in [-0.2, -0.15) is 0 Å². The summed E-state index contributed by atoms with van der Waals surface area (Å²) >= 11 is 0.